The van der Waals surface area contributed by atoms with E-state index in [1.807, 2.05) is 0 Å². The van der Waals surface area contributed by atoms with E-state index in [1.54, 1.807) is 25.4 Å². The summed E-state index contributed by atoms with van der Waals surface area (Å²) in [7, 11) is 3.11. The molecule has 1 aliphatic heterocycles. The lowest BCUT2D eigenvalue weighted by Gasteiger charge is -2.39. The van der Waals surface area contributed by atoms with Crippen molar-refractivity contribution in [1.82, 2.24) is 19.8 Å². The zero-order chi connectivity index (χ0) is 30.9. The minimum Gasteiger partial charge on any atom is -0.383 e. The van der Waals surface area contributed by atoms with Gasteiger partial charge in [-0.15, -0.1) is 0 Å². The molecule has 0 atom stereocenters. The Morgan fingerprint density at radius 1 is 1.16 bits per heavy atom. The molecule has 1 saturated carbocycles. The van der Waals surface area contributed by atoms with Crippen LogP contribution in [-0.4, -0.2) is 65.5 Å². The van der Waals surface area contributed by atoms with Gasteiger partial charge in [0.1, 0.15) is 17.2 Å². The fraction of sp³-hybridized carbons (Fsp3) is 0.367. The maximum Gasteiger partial charge on any atom is 0.282 e. The van der Waals surface area contributed by atoms with Gasteiger partial charge in [-0.25, -0.2) is 18.2 Å². The van der Waals surface area contributed by atoms with Crippen LogP contribution >= 0.6 is 0 Å². The molecule has 1 saturated heterocycles. The van der Waals surface area contributed by atoms with E-state index < -0.39 is 42.2 Å². The monoisotopic (exact) mass is 594 g/mol. The Balaban J connectivity index is 1.50. The highest BCUT2D eigenvalue weighted by Gasteiger charge is 2.47. The maximum absolute atomic E-state index is 15.5. The van der Waals surface area contributed by atoms with Crippen LogP contribution in [0.5, 0.6) is 0 Å². The number of rotatable bonds is 10. The molecule has 2 amide bonds. The van der Waals surface area contributed by atoms with Crippen LogP contribution in [0.3, 0.4) is 0 Å². The number of carbonyl (C=O) groups is 2. The zero-order valence-corrected chi connectivity index (χ0v) is 23.5. The van der Waals surface area contributed by atoms with Crippen molar-refractivity contribution in [3.8, 4) is 17.2 Å². The Labute approximate surface area is 245 Å². The topological polar surface area (TPSA) is 129 Å². The summed E-state index contributed by atoms with van der Waals surface area (Å²) in [4.78, 5) is 44.8. The third-order valence-electron chi connectivity index (χ3n) is 7.25. The fourth-order valence-corrected chi connectivity index (χ4v) is 4.94. The lowest BCUT2D eigenvalue weighted by molar-refractivity contribution is -0.113. The highest BCUT2D eigenvalue weighted by atomic mass is 19.3. The van der Waals surface area contributed by atoms with Gasteiger partial charge < -0.3 is 24.8 Å². The van der Waals surface area contributed by atoms with Gasteiger partial charge in [0.05, 0.1) is 36.9 Å². The minimum absolute atomic E-state index is 0.0210. The number of halogens is 3. The second kappa shape index (κ2) is 12.0. The van der Waals surface area contributed by atoms with E-state index in [2.05, 4.69) is 15.6 Å². The van der Waals surface area contributed by atoms with E-state index in [1.165, 1.54) is 29.8 Å². The molecule has 5 rings (SSSR count). The van der Waals surface area contributed by atoms with E-state index in [4.69, 9.17) is 4.74 Å². The summed E-state index contributed by atoms with van der Waals surface area (Å²) in [6.45, 7) is -0.190. The Bertz CT molecular complexity index is 1690. The summed E-state index contributed by atoms with van der Waals surface area (Å²) in [6.07, 6.45) is 3.24. The van der Waals surface area contributed by atoms with Crippen LogP contribution < -0.4 is 16.2 Å². The summed E-state index contributed by atoms with van der Waals surface area (Å²) < 4.78 is 48.9. The van der Waals surface area contributed by atoms with Crippen molar-refractivity contribution in [2.75, 3.05) is 38.7 Å². The molecule has 0 spiro atoms. The smallest absolute Gasteiger partial charge is 0.282 e. The van der Waals surface area contributed by atoms with Gasteiger partial charge in [0.15, 0.2) is 0 Å². The van der Waals surface area contributed by atoms with Gasteiger partial charge in [-0.2, -0.15) is 5.26 Å². The molecule has 0 bridgehead atoms. The lowest BCUT2D eigenvalue weighted by Crippen LogP contribution is -2.58. The van der Waals surface area contributed by atoms with E-state index in [9.17, 15) is 28.4 Å². The van der Waals surface area contributed by atoms with Gasteiger partial charge >= 0.3 is 0 Å². The van der Waals surface area contributed by atoms with Crippen LogP contribution in [0.1, 0.15) is 56.3 Å². The second-order valence-electron chi connectivity index (χ2n) is 10.8. The molecule has 10 nitrogen and oxygen atoms in total. The number of amides is 2. The molecule has 2 aromatic heterocycles. The summed E-state index contributed by atoms with van der Waals surface area (Å²) in [5.74, 6) is -5.45. The quantitative estimate of drug-likeness (QED) is 0.344. The fourth-order valence-electron chi connectivity index (χ4n) is 4.94. The Hall–Kier alpha value is -4.54. The third kappa shape index (κ3) is 6.60. The van der Waals surface area contributed by atoms with Gasteiger partial charge in [-0.1, -0.05) is 0 Å². The molecular formula is C30H29F3N6O4. The number of alkyl halides is 2. The lowest BCUT2D eigenvalue weighted by atomic mass is 9.94. The number of pyridine rings is 2. The number of nitrogens with zero attached hydrogens (tertiary/aromatic N) is 4. The van der Waals surface area contributed by atoms with Crippen molar-refractivity contribution in [2.45, 2.75) is 31.2 Å². The summed E-state index contributed by atoms with van der Waals surface area (Å²) in [5, 5.41) is 15.2. The number of nitriles is 1. The molecule has 3 aromatic rings. The van der Waals surface area contributed by atoms with Crippen molar-refractivity contribution >= 4 is 17.6 Å². The van der Waals surface area contributed by atoms with E-state index in [0.29, 0.717) is 31.0 Å². The first-order valence-electron chi connectivity index (χ1n) is 13.6. The predicted octanol–water partition coefficient (Wildman–Crippen LogP) is 3.41. The number of anilines is 1. The first-order valence-corrected chi connectivity index (χ1v) is 13.6. The highest BCUT2D eigenvalue weighted by Crippen LogP contribution is 2.42. The molecule has 224 valence electrons. The number of aryl methyl sites for hydroxylation is 1. The highest BCUT2D eigenvalue weighted by molar-refractivity contribution is 6.05. The summed E-state index contributed by atoms with van der Waals surface area (Å²) in [6, 6.07) is 8.34. The zero-order valence-electron chi connectivity index (χ0n) is 23.5. The SMILES string of the molecule is COCCNCc1cc(C(=O)Nc2cc(-c3c(F)cc(C#N)cc3C(=O)N3CC(F)(F)C3)cc(C3CC3)n2)c(=O)n(C)c1. The standard InChI is InChI=1S/C30H29F3N6O4/c1-38-14-18(13-35-5-6-43-2)8-22(28(38)41)27(40)37-25-11-20(10-24(36-25)19-3-4-19)26-21(7-17(12-34)9-23(26)31)29(42)39-15-30(32,33)16-39/h7-11,14,19,35H,3-6,13,15-16H2,1-2H3,(H,36,37,40). The van der Waals surface area contributed by atoms with Gasteiger partial charge in [-0.05, 0) is 54.3 Å². The van der Waals surface area contributed by atoms with Crippen LogP contribution in [0.15, 0.2) is 41.3 Å². The number of hydrogen-bond donors (Lipinski definition) is 2. The van der Waals surface area contributed by atoms with Gasteiger partial charge in [-0.3, -0.25) is 14.4 Å². The number of ether oxygens (including phenoxy) is 1. The van der Waals surface area contributed by atoms with Gasteiger partial charge in [0.25, 0.3) is 23.3 Å². The number of benzene rings is 1. The first-order chi connectivity index (χ1) is 20.5. The van der Waals surface area contributed by atoms with Crippen molar-refractivity contribution in [2.24, 2.45) is 7.05 Å². The molecule has 2 fully saturated rings. The van der Waals surface area contributed by atoms with Crippen LogP contribution in [-0.2, 0) is 18.3 Å². The number of nitrogens with one attached hydrogen (secondary N) is 2. The summed E-state index contributed by atoms with van der Waals surface area (Å²) >= 11 is 0. The Morgan fingerprint density at radius 3 is 2.56 bits per heavy atom. The van der Waals surface area contributed by atoms with E-state index >= 15 is 4.39 Å². The minimum atomic E-state index is -3.04. The molecule has 2 aliphatic rings. The van der Waals surface area contributed by atoms with Crippen molar-refractivity contribution in [3.63, 3.8) is 0 Å². The molecule has 3 heterocycles. The van der Waals surface area contributed by atoms with Crippen LogP contribution in [0.4, 0.5) is 19.0 Å². The normalized spacial score (nSPS) is 15.5. The Morgan fingerprint density at radius 2 is 1.91 bits per heavy atom. The van der Waals surface area contributed by atoms with Crippen LogP contribution in [0, 0.1) is 17.1 Å². The molecule has 0 radical (unpaired) electrons. The molecule has 1 aromatic carbocycles. The first kappa shape index (κ1) is 29.9. The Kier molecular flexibility index (Phi) is 8.34. The molecule has 43 heavy (non-hydrogen) atoms. The number of methoxy groups -OCH3 is 1. The molecule has 1 aliphatic carbocycles. The summed E-state index contributed by atoms with van der Waals surface area (Å²) in [5.41, 5.74) is 0.140. The molecule has 0 unspecified atom stereocenters. The number of likely N-dealkylation sites (tertiary alicyclic amines) is 1. The molecular weight excluding hydrogens is 565 g/mol. The van der Waals surface area contributed by atoms with Crippen molar-refractivity contribution in [3.05, 3.63) is 80.6 Å². The van der Waals surface area contributed by atoms with Crippen LogP contribution in [0.25, 0.3) is 11.1 Å². The number of hydrogen-bond acceptors (Lipinski definition) is 7. The van der Waals surface area contributed by atoms with Crippen LogP contribution in [0.2, 0.25) is 0 Å². The second-order valence-corrected chi connectivity index (χ2v) is 10.8. The number of aromatic nitrogens is 2. The van der Waals surface area contributed by atoms with E-state index in [-0.39, 0.29) is 39.6 Å². The average molecular weight is 595 g/mol. The largest absolute Gasteiger partial charge is 0.383 e. The van der Waals surface area contributed by atoms with E-state index in [0.717, 1.165) is 23.8 Å². The predicted molar refractivity (Wildman–Crippen MR) is 150 cm³/mol. The van der Waals surface area contributed by atoms with Crippen molar-refractivity contribution in [1.29, 1.82) is 5.26 Å². The van der Waals surface area contributed by atoms with Crippen molar-refractivity contribution < 1.29 is 27.5 Å². The maximum atomic E-state index is 15.5. The number of carbonyl (C=O) groups excluding carboxylic acids is 2. The molecule has 2 N–H and O–H groups in total. The third-order valence-corrected chi connectivity index (χ3v) is 7.25. The average Bonchev–Trinajstić information content (AvgIpc) is 3.80. The molecule has 13 heteroatoms. The van der Waals surface area contributed by atoms with Gasteiger partial charge in [0.2, 0.25) is 0 Å². The van der Waals surface area contributed by atoms with Gasteiger partial charge in [0, 0.05) is 50.6 Å².